The van der Waals surface area contributed by atoms with E-state index in [1.54, 1.807) is 18.5 Å². The minimum atomic E-state index is -0.247. The molecule has 0 aliphatic rings. The van der Waals surface area contributed by atoms with Crippen LogP contribution in [-0.4, -0.2) is 9.55 Å². The quantitative estimate of drug-likeness (QED) is 0.499. The van der Waals surface area contributed by atoms with Crippen molar-refractivity contribution in [1.82, 2.24) is 9.55 Å². The Kier molecular flexibility index (Phi) is 3.67. The topological polar surface area (TPSA) is 17.8 Å². The fourth-order valence-electron chi connectivity index (χ4n) is 2.83. The minimum Gasteiger partial charge on any atom is -0.298 e. The van der Waals surface area contributed by atoms with E-state index >= 15 is 0 Å². The summed E-state index contributed by atoms with van der Waals surface area (Å²) in [4.78, 5) is 4.63. The molecule has 0 fully saturated rings. The lowest BCUT2D eigenvalue weighted by Crippen LogP contribution is -1.96. The van der Waals surface area contributed by atoms with E-state index in [-0.39, 0.29) is 5.82 Å². The van der Waals surface area contributed by atoms with Gasteiger partial charge in [0.25, 0.3) is 0 Å². The lowest BCUT2D eigenvalue weighted by Gasteiger charge is -2.11. The van der Waals surface area contributed by atoms with Gasteiger partial charge < -0.3 is 0 Å². The van der Waals surface area contributed by atoms with Crippen molar-refractivity contribution in [1.29, 1.82) is 0 Å². The number of benzene rings is 3. The van der Waals surface area contributed by atoms with Crippen molar-refractivity contribution < 1.29 is 4.39 Å². The van der Waals surface area contributed by atoms with Gasteiger partial charge in [0.1, 0.15) is 12.1 Å². The Morgan fingerprint density at radius 2 is 1.25 bits per heavy atom. The standard InChI is InChI=1S/C21H15FN2/c22-18-11-13-19(14-12-18)24-15-23-20(16-7-3-1-4-8-16)21(24)17-9-5-2-6-10-17/h1-15H. The molecule has 0 bridgehead atoms. The minimum absolute atomic E-state index is 0.247. The summed E-state index contributed by atoms with van der Waals surface area (Å²) in [6.45, 7) is 0. The molecule has 24 heavy (non-hydrogen) atoms. The molecule has 0 atom stereocenters. The Morgan fingerprint density at radius 1 is 0.667 bits per heavy atom. The van der Waals surface area contributed by atoms with E-state index in [0.717, 1.165) is 28.2 Å². The van der Waals surface area contributed by atoms with Crippen LogP contribution in [0.2, 0.25) is 0 Å². The average Bonchev–Trinajstić information content (AvgIpc) is 3.09. The maximum absolute atomic E-state index is 13.3. The number of nitrogens with zero attached hydrogens (tertiary/aromatic N) is 2. The van der Waals surface area contributed by atoms with Crippen LogP contribution >= 0.6 is 0 Å². The molecule has 0 N–H and O–H groups in total. The highest BCUT2D eigenvalue weighted by atomic mass is 19.1. The van der Waals surface area contributed by atoms with Crippen molar-refractivity contribution in [3.8, 4) is 28.2 Å². The lowest BCUT2D eigenvalue weighted by molar-refractivity contribution is 0.627. The smallest absolute Gasteiger partial charge is 0.123 e. The highest BCUT2D eigenvalue weighted by Gasteiger charge is 2.15. The van der Waals surface area contributed by atoms with Gasteiger partial charge in [0, 0.05) is 16.8 Å². The molecule has 0 radical (unpaired) electrons. The fraction of sp³-hybridized carbons (Fsp3) is 0. The second kappa shape index (κ2) is 6.13. The van der Waals surface area contributed by atoms with E-state index in [1.807, 2.05) is 53.1 Å². The first-order chi connectivity index (χ1) is 11.8. The second-order valence-corrected chi connectivity index (χ2v) is 5.52. The maximum atomic E-state index is 13.3. The molecule has 4 aromatic rings. The fourth-order valence-corrected chi connectivity index (χ4v) is 2.83. The summed E-state index contributed by atoms with van der Waals surface area (Å²) < 4.78 is 15.3. The van der Waals surface area contributed by atoms with Gasteiger partial charge in [-0.15, -0.1) is 0 Å². The van der Waals surface area contributed by atoms with Gasteiger partial charge in [0.15, 0.2) is 0 Å². The Morgan fingerprint density at radius 3 is 1.88 bits per heavy atom. The Hall–Kier alpha value is -3.20. The number of rotatable bonds is 3. The summed E-state index contributed by atoms with van der Waals surface area (Å²) in [6, 6.07) is 26.7. The van der Waals surface area contributed by atoms with Crippen molar-refractivity contribution in [2.45, 2.75) is 0 Å². The summed E-state index contributed by atoms with van der Waals surface area (Å²) in [6.07, 6.45) is 1.79. The van der Waals surface area contributed by atoms with Crippen LogP contribution in [0.4, 0.5) is 4.39 Å². The van der Waals surface area contributed by atoms with Crippen LogP contribution in [0.3, 0.4) is 0 Å². The molecule has 0 aliphatic carbocycles. The zero-order chi connectivity index (χ0) is 16.4. The number of aromatic nitrogens is 2. The van der Waals surface area contributed by atoms with Crippen LogP contribution < -0.4 is 0 Å². The maximum Gasteiger partial charge on any atom is 0.123 e. The van der Waals surface area contributed by atoms with Crippen LogP contribution in [0.5, 0.6) is 0 Å². The molecule has 2 nitrogen and oxygen atoms in total. The van der Waals surface area contributed by atoms with Gasteiger partial charge in [-0.2, -0.15) is 0 Å². The van der Waals surface area contributed by atoms with Crippen molar-refractivity contribution in [3.63, 3.8) is 0 Å². The molecule has 3 aromatic carbocycles. The highest BCUT2D eigenvalue weighted by Crippen LogP contribution is 2.33. The predicted molar refractivity (Wildman–Crippen MR) is 94.4 cm³/mol. The zero-order valence-corrected chi connectivity index (χ0v) is 12.9. The Balaban J connectivity index is 1.95. The molecule has 0 spiro atoms. The van der Waals surface area contributed by atoms with Crippen LogP contribution in [0, 0.1) is 5.82 Å². The summed E-state index contributed by atoms with van der Waals surface area (Å²) in [5.41, 5.74) is 4.90. The number of imidazole rings is 1. The third-order valence-corrected chi connectivity index (χ3v) is 3.97. The summed E-state index contributed by atoms with van der Waals surface area (Å²) in [5, 5.41) is 0. The molecule has 3 heteroatoms. The molecule has 0 saturated carbocycles. The van der Waals surface area contributed by atoms with E-state index < -0.39 is 0 Å². The van der Waals surface area contributed by atoms with Crippen LogP contribution in [0.25, 0.3) is 28.2 Å². The van der Waals surface area contributed by atoms with Crippen LogP contribution in [0.1, 0.15) is 0 Å². The summed E-state index contributed by atoms with van der Waals surface area (Å²) in [7, 11) is 0. The van der Waals surface area contributed by atoms with E-state index in [4.69, 9.17) is 0 Å². The molecule has 1 aromatic heterocycles. The largest absolute Gasteiger partial charge is 0.298 e. The van der Waals surface area contributed by atoms with E-state index in [9.17, 15) is 4.39 Å². The van der Waals surface area contributed by atoms with Crippen molar-refractivity contribution >= 4 is 0 Å². The first-order valence-electron chi connectivity index (χ1n) is 7.77. The number of hydrogen-bond donors (Lipinski definition) is 0. The monoisotopic (exact) mass is 314 g/mol. The Bertz CT molecular complexity index is 942. The molecule has 0 amide bonds. The molecular weight excluding hydrogens is 299 g/mol. The van der Waals surface area contributed by atoms with Gasteiger partial charge in [-0.3, -0.25) is 4.57 Å². The molecular formula is C21H15FN2. The van der Waals surface area contributed by atoms with Gasteiger partial charge >= 0.3 is 0 Å². The molecule has 0 aliphatic heterocycles. The van der Waals surface area contributed by atoms with Crippen LogP contribution in [-0.2, 0) is 0 Å². The first-order valence-corrected chi connectivity index (χ1v) is 7.77. The number of halogens is 1. The average molecular weight is 314 g/mol. The highest BCUT2D eigenvalue weighted by molar-refractivity contribution is 5.79. The van der Waals surface area contributed by atoms with Gasteiger partial charge in [-0.25, -0.2) is 9.37 Å². The third kappa shape index (κ3) is 2.61. The van der Waals surface area contributed by atoms with E-state index in [2.05, 4.69) is 17.1 Å². The summed E-state index contributed by atoms with van der Waals surface area (Å²) >= 11 is 0. The SMILES string of the molecule is Fc1ccc(-n2cnc(-c3ccccc3)c2-c2ccccc2)cc1. The third-order valence-electron chi connectivity index (χ3n) is 3.97. The van der Waals surface area contributed by atoms with Gasteiger partial charge in [-0.1, -0.05) is 60.7 Å². The van der Waals surface area contributed by atoms with Crippen molar-refractivity contribution in [2.24, 2.45) is 0 Å². The van der Waals surface area contributed by atoms with Crippen LogP contribution in [0.15, 0.2) is 91.3 Å². The second-order valence-electron chi connectivity index (χ2n) is 5.52. The van der Waals surface area contributed by atoms with Gasteiger partial charge in [-0.05, 0) is 24.3 Å². The molecule has 116 valence electrons. The predicted octanol–water partition coefficient (Wildman–Crippen LogP) is 5.35. The Labute approximate surface area is 139 Å². The van der Waals surface area contributed by atoms with Gasteiger partial charge in [0.05, 0.1) is 11.4 Å². The van der Waals surface area contributed by atoms with E-state index in [0.29, 0.717) is 0 Å². The van der Waals surface area contributed by atoms with E-state index in [1.165, 1.54) is 12.1 Å². The lowest BCUT2D eigenvalue weighted by atomic mass is 10.0. The molecule has 4 rings (SSSR count). The normalized spacial score (nSPS) is 10.7. The molecule has 1 heterocycles. The molecule has 0 saturated heterocycles. The van der Waals surface area contributed by atoms with Crippen molar-refractivity contribution in [3.05, 3.63) is 97.1 Å². The van der Waals surface area contributed by atoms with Crippen molar-refractivity contribution in [2.75, 3.05) is 0 Å². The zero-order valence-electron chi connectivity index (χ0n) is 12.9. The molecule has 0 unspecified atom stereocenters. The number of hydrogen-bond acceptors (Lipinski definition) is 1. The van der Waals surface area contributed by atoms with Gasteiger partial charge in [0.2, 0.25) is 0 Å². The first kappa shape index (κ1) is 14.4. The summed E-state index contributed by atoms with van der Waals surface area (Å²) in [5.74, 6) is -0.247.